The number of hydrogen-bond donors (Lipinski definition) is 0. The van der Waals surface area contributed by atoms with Gasteiger partial charge in [0.25, 0.3) is 0 Å². The molecule has 2 rings (SSSR count). The standard InChI is InChI=1S/C8H6ClFO2/c9-5-3-6(10)8-7(4-5)11-1-2-12-8/h3-4H,1-2H2. The van der Waals surface area contributed by atoms with E-state index in [1.807, 2.05) is 0 Å². The van der Waals surface area contributed by atoms with Crippen LogP contribution in [-0.4, -0.2) is 13.2 Å². The van der Waals surface area contributed by atoms with Gasteiger partial charge in [-0.3, -0.25) is 0 Å². The van der Waals surface area contributed by atoms with Gasteiger partial charge >= 0.3 is 0 Å². The van der Waals surface area contributed by atoms with Crippen molar-refractivity contribution in [2.45, 2.75) is 0 Å². The number of benzene rings is 1. The lowest BCUT2D eigenvalue weighted by atomic mass is 10.3. The summed E-state index contributed by atoms with van der Waals surface area (Å²) in [5.41, 5.74) is 0. The van der Waals surface area contributed by atoms with E-state index in [2.05, 4.69) is 0 Å². The van der Waals surface area contributed by atoms with Crippen molar-refractivity contribution in [3.05, 3.63) is 23.0 Å². The van der Waals surface area contributed by atoms with Crippen LogP contribution in [0.3, 0.4) is 0 Å². The van der Waals surface area contributed by atoms with Gasteiger partial charge in [0.1, 0.15) is 13.2 Å². The Morgan fingerprint density at radius 1 is 1.25 bits per heavy atom. The topological polar surface area (TPSA) is 18.5 Å². The summed E-state index contributed by atoms with van der Waals surface area (Å²) >= 11 is 5.61. The highest BCUT2D eigenvalue weighted by atomic mass is 35.5. The van der Waals surface area contributed by atoms with Crippen LogP contribution in [0.15, 0.2) is 12.1 Å². The molecule has 2 nitrogen and oxygen atoms in total. The molecule has 0 aromatic heterocycles. The lowest BCUT2D eigenvalue weighted by Crippen LogP contribution is -2.16. The Labute approximate surface area is 73.9 Å². The summed E-state index contributed by atoms with van der Waals surface area (Å²) in [6, 6.07) is 2.74. The summed E-state index contributed by atoms with van der Waals surface area (Å²) < 4.78 is 23.2. The largest absolute Gasteiger partial charge is 0.486 e. The number of rotatable bonds is 0. The maximum atomic E-state index is 13.0. The van der Waals surface area contributed by atoms with Crippen molar-refractivity contribution in [1.82, 2.24) is 0 Å². The Hall–Kier alpha value is -0.960. The molecule has 0 saturated carbocycles. The van der Waals surface area contributed by atoms with Gasteiger partial charge in [-0.05, 0) is 6.07 Å². The quantitative estimate of drug-likeness (QED) is 0.622. The van der Waals surface area contributed by atoms with E-state index >= 15 is 0 Å². The lowest BCUT2D eigenvalue weighted by Gasteiger charge is -2.18. The molecule has 64 valence electrons. The normalized spacial score (nSPS) is 14.5. The van der Waals surface area contributed by atoms with Crippen LogP contribution >= 0.6 is 11.6 Å². The molecule has 1 aliphatic heterocycles. The fraction of sp³-hybridized carbons (Fsp3) is 0.250. The third-order valence-corrected chi connectivity index (χ3v) is 1.78. The molecule has 12 heavy (non-hydrogen) atoms. The summed E-state index contributed by atoms with van der Waals surface area (Å²) in [7, 11) is 0. The van der Waals surface area contributed by atoms with Crippen LogP contribution in [0.5, 0.6) is 11.5 Å². The van der Waals surface area contributed by atoms with Gasteiger partial charge in [0, 0.05) is 11.1 Å². The van der Waals surface area contributed by atoms with E-state index in [1.54, 1.807) is 6.07 Å². The van der Waals surface area contributed by atoms with Crippen molar-refractivity contribution in [3.63, 3.8) is 0 Å². The summed E-state index contributed by atoms with van der Waals surface area (Å²) in [4.78, 5) is 0. The molecule has 0 fully saturated rings. The number of hydrogen-bond acceptors (Lipinski definition) is 2. The number of fused-ring (bicyclic) bond motifs is 1. The molecule has 1 heterocycles. The van der Waals surface area contributed by atoms with Gasteiger partial charge < -0.3 is 9.47 Å². The summed E-state index contributed by atoms with van der Waals surface area (Å²) in [6.07, 6.45) is 0. The van der Waals surface area contributed by atoms with Crippen molar-refractivity contribution < 1.29 is 13.9 Å². The monoisotopic (exact) mass is 188 g/mol. The minimum absolute atomic E-state index is 0.158. The fourth-order valence-electron chi connectivity index (χ4n) is 1.08. The second kappa shape index (κ2) is 2.83. The Kier molecular flexibility index (Phi) is 1.81. The zero-order valence-corrected chi connectivity index (χ0v) is 6.90. The second-order valence-corrected chi connectivity index (χ2v) is 2.85. The SMILES string of the molecule is Fc1cc(Cl)cc2c1OCCO2. The molecule has 0 aliphatic carbocycles. The lowest BCUT2D eigenvalue weighted by molar-refractivity contribution is 0.164. The Balaban J connectivity index is 2.53. The van der Waals surface area contributed by atoms with E-state index in [1.165, 1.54) is 6.07 Å². The molecule has 0 N–H and O–H groups in total. The zero-order chi connectivity index (χ0) is 8.55. The van der Waals surface area contributed by atoms with Crippen molar-refractivity contribution >= 4 is 11.6 Å². The van der Waals surface area contributed by atoms with Gasteiger partial charge in [-0.15, -0.1) is 0 Å². The third kappa shape index (κ3) is 1.20. The molecule has 0 atom stereocenters. The van der Waals surface area contributed by atoms with E-state index in [0.29, 0.717) is 24.0 Å². The first-order chi connectivity index (χ1) is 5.77. The maximum Gasteiger partial charge on any atom is 0.197 e. The Morgan fingerprint density at radius 2 is 2.00 bits per heavy atom. The summed E-state index contributed by atoms with van der Waals surface area (Å²) in [5, 5.41) is 0.316. The van der Waals surface area contributed by atoms with E-state index in [0.717, 1.165) is 0 Å². The first-order valence-electron chi connectivity index (χ1n) is 3.52. The predicted molar refractivity (Wildman–Crippen MR) is 42.4 cm³/mol. The summed E-state index contributed by atoms with van der Waals surface area (Å²) in [6.45, 7) is 0.818. The minimum atomic E-state index is -0.475. The van der Waals surface area contributed by atoms with Gasteiger partial charge in [0.2, 0.25) is 0 Å². The van der Waals surface area contributed by atoms with Crippen LogP contribution < -0.4 is 9.47 Å². The summed E-state index contributed by atoms with van der Waals surface area (Å²) in [5.74, 6) is 0.0640. The van der Waals surface area contributed by atoms with Gasteiger partial charge in [0.05, 0.1) is 0 Å². The molecule has 1 aromatic carbocycles. The van der Waals surface area contributed by atoms with Gasteiger partial charge in [-0.1, -0.05) is 11.6 Å². The van der Waals surface area contributed by atoms with Crippen molar-refractivity contribution in [3.8, 4) is 11.5 Å². The van der Waals surface area contributed by atoms with Crippen LogP contribution in [0.1, 0.15) is 0 Å². The van der Waals surface area contributed by atoms with Crippen LogP contribution in [0.4, 0.5) is 4.39 Å². The minimum Gasteiger partial charge on any atom is -0.486 e. The Morgan fingerprint density at radius 3 is 2.83 bits per heavy atom. The molecule has 0 radical (unpaired) electrons. The molecule has 0 unspecified atom stereocenters. The predicted octanol–water partition coefficient (Wildman–Crippen LogP) is 2.25. The van der Waals surface area contributed by atoms with E-state index in [-0.39, 0.29) is 5.75 Å². The van der Waals surface area contributed by atoms with Crippen LogP contribution in [0.2, 0.25) is 5.02 Å². The molecular weight excluding hydrogens is 183 g/mol. The van der Waals surface area contributed by atoms with Crippen molar-refractivity contribution in [2.24, 2.45) is 0 Å². The molecule has 0 bridgehead atoms. The second-order valence-electron chi connectivity index (χ2n) is 2.41. The fourth-order valence-corrected chi connectivity index (χ4v) is 1.27. The van der Waals surface area contributed by atoms with E-state index < -0.39 is 5.82 Å². The highest BCUT2D eigenvalue weighted by Crippen LogP contribution is 2.35. The first kappa shape index (κ1) is 7.68. The smallest absolute Gasteiger partial charge is 0.197 e. The zero-order valence-electron chi connectivity index (χ0n) is 6.14. The molecule has 1 aliphatic rings. The first-order valence-corrected chi connectivity index (χ1v) is 3.90. The van der Waals surface area contributed by atoms with Gasteiger partial charge in [0.15, 0.2) is 17.3 Å². The highest BCUT2D eigenvalue weighted by Gasteiger charge is 2.16. The van der Waals surface area contributed by atoms with Crippen LogP contribution in [-0.2, 0) is 0 Å². The van der Waals surface area contributed by atoms with Crippen molar-refractivity contribution in [2.75, 3.05) is 13.2 Å². The number of halogens is 2. The molecule has 0 spiro atoms. The molecular formula is C8H6ClFO2. The highest BCUT2D eigenvalue weighted by molar-refractivity contribution is 6.30. The van der Waals surface area contributed by atoms with E-state index in [4.69, 9.17) is 21.1 Å². The van der Waals surface area contributed by atoms with Gasteiger partial charge in [-0.2, -0.15) is 0 Å². The van der Waals surface area contributed by atoms with Crippen molar-refractivity contribution in [1.29, 1.82) is 0 Å². The Bertz CT molecular complexity index is 314. The van der Waals surface area contributed by atoms with Crippen LogP contribution in [0, 0.1) is 5.82 Å². The van der Waals surface area contributed by atoms with Crippen LogP contribution in [0.25, 0.3) is 0 Å². The maximum absolute atomic E-state index is 13.0. The third-order valence-electron chi connectivity index (χ3n) is 1.56. The molecule has 4 heteroatoms. The van der Waals surface area contributed by atoms with Gasteiger partial charge in [-0.25, -0.2) is 4.39 Å². The molecule has 1 aromatic rings. The number of ether oxygens (including phenoxy) is 2. The molecule has 0 amide bonds. The average molecular weight is 189 g/mol. The average Bonchev–Trinajstić information content (AvgIpc) is 2.04. The molecule has 0 saturated heterocycles. The van der Waals surface area contributed by atoms with E-state index in [9.17, 15) is 4.39 Å².